The SMILES string of the molecule is Cc1cc(C2(CCN)CC2)cnc1Cl. The van der Waals surface area contributed by atoms with Gasteiger partial charge in [0.15, 0.2) is 0 Å². The molecule has 0 bridgehead atoms. The van der Waals surface area contributed by atoms with Crippen molar-refractivity contribution in [3.05, 3.63) is 28.5 Å². The fraction of sp³-hybridized carbons (Fsp3) is 0.545. The van der Waals surface area contributed by atoms with Crippen molar-refractivity contribution in [2.75, 3.05) is 6.54 Å². The van der Waals surface area contributed by atoms with Crippen LogP contribution in [-0.4, -0.2) is 11.5 Å². The molecule has 1 aliphatic carbocycles. The molecule has 1 heterocycles. The first-order chi connectivity index (χ1) is 6.68. The van der Waals surface area contributed by atoms with E-state index in [1.165, 1.54) is 18.4 Å². The molecule has 1 aromatic heterocycles. The van der Waals surface area contributed by atoms with Gasteiger partial charge in [0.2, 0.25) is 0 Å². The molecule has 2 nitrogen and oxygen atoms in total. The van der Waals surface area contributed by atoms with Crippen molar-refractivity contribution >= 4 is 11.6 Å². The van der Waals surface area contributed by atoms with Gasteiger partial charge in [-0.2, -0.15) is 0 Å². The molecule has 0 aliphatic heterocycles. The molecule has 1 saturated carbocycles. The highest BCUT2D eigenvalue weighted by atomic mass is 35.5. The number of hydrogen-bond acceptors (Lipinski definition) is 2. The first-order valence-electron chi connectivity index (χ1n) is 5.01. The minimum absolute atomic E-state index is 0.330. The smallest absolute Gasteiger partial charge is 0.131 e. The molecule has 1 aromatic rings. The van der Waals surface area contributed by atoms with E-state index in [9.17, 15) is 0 Å². The number of rotatable bonds is 3. The number of hydrogen-bond donors (Lipinski definition) is 1. The van der Waals surface area contributed by atoms with Crippen molar-refractivity contribution in [3.63, 3.8) is 0 Å². The summed E-state index contributed by atoms with van der Waals surface area (Å²) in [6.45, 7) is 2.75. The molecule has 0 saturated heterocycles. The fourth-order valence-electron chi connectivity index (χ4n) is 1.96. The van der Waals surface area contributed by atoms with Crippen LogP contribution in [0.15, 0.2) is 12.3 Å². The van der Waals surface area contributed by atoms with Crippen molar-refractivity contribution in [2.45, 2.75) is 31.6 Å². The van der Waals surface area contributed by atoms with E-state index in [0.717, 1.165) is 18.5 Å². The van der Waals surface area contributed by atoms with E-state index in [-0.39, 0.29) is 0 Å². The predicted octanol–water partition coefficient (Wildman–Crippen LogP) is 2.42. The number of halogens is 1. The Kier molecular flexibility index (Phi) is 2.50. The van der Waals surface area contributed by atoms with Gasteiger partial charge < -0.3 is 5.73 Å². The maximum absolute atomic E-state index is 5.89. The van der Waals surface area contributed by atoms with E-state index in [4.69, 9.17) is 17.3 Å². The Morgan fingerprint density at radius 2 is 2.29 bits per heavy atom. The van der Waals surface area contributed by atoms with Crippen LogP contribution in [-0.2, 0) is 5.41 Å². The first-order valence-corrected chi connectivity index (χ1v) is 5.38. The van der Waals surface area contributed by atoms with Crippen molar-refractivity contribution in [3.8, 4) is 0 Å². The number of pyridine rings is 1. The molecule has 0 amide bonds. The summed E-state index contributed by atoms with van der Waals surface area (Å²) >= 11 is 5.89. The Morgan fingerprint density at radius 3 is 2.79 bits per heavy atom. The third-order valence-electron chi connectivity index (χ3n) is 3.10. The Morgan fingerprint density at radius 1 is 1.57 bits per heavy atom. The van der Waals surface area contributed by atoms with Crippen LogP contribution >= 0.6 is 11.6 Å². The van der Waals surface area contributed by atoms with Crippen LogP contribution in [0.25, 0.3) is 0 Å². The average molecular weight is 211 g/mol. The van der Waals surface area contributed by atoms with Crippen LogP contribution < -0.4 is 5.73 Å². The second-order valence-corrected chi connectivity index (χ2v) is 4.51. The summed E-state index contributed by atoms with van der Waals surface area (Å²) in [6, 6.07) is 2.15. The maximum atomic E-state index is 5.89. The molecule has 0 aromatic carbocycles. The molecular weight excluding hydrogens is 196 g/mol. The topological polar surface area (TPSA) is 38.9 Å². The lowest BCUT2D eigenvalue weighted by Gasteiger charge is -2.14. The number of nitrogens with two attached hydrogens (primary N) is 1. The van der Waals surface area contributed by atoms with Crippen molar-refractivity contribution in [2.24, 2.45) is 5.73 Å². The Hall–Kier alpha value is -0.600. The molecule has 14 heavy (non-hydrogen) atoms. The van der Waals surface area contributed by atoms with Crippen LogP contribution in [0.4, 0.5) is 0 Å². The molecule has 0 unspecified atom stereocenters. The van der Waals surface area contributed by atoms with Gasteiger partial charge in [-0.25, -0.2) is 4.98 Å². The van der Waals surface area contributed by atoms with Crippen molar-refractivity contribution in [1.82, 2.24) is 4.98 Å². The van der Waals surface area contributed by atoms with E-state index < -0.39 is 0 Å². The van der Waals surface area contributed by atoms with Gasteiger partial charge in [-0.05, 0) is 49.3 Å². The van der Waals surface area contributed by atoms with E-state index in [2.05, 4.69) is 11.1 Å². The van der Waals surface area contributed by atoms with Crippen LogP contribution in [0.3, 0.4) is 0 Å². The van der Waals surface area contributed by atoms with Crippen molar-refractivity contribution in [1.29, 1.82) is 0 Å². The standard InChI is InChI=1S/C11H15ClN2/c1-8-6-9(7-14-10(8)12)11(2-3-11)4-5-13/h6-7H,2-5,13H2,1H3. The molecule has 0 spiro atoms. The first kappa shape index (κ1) is 9.94. The zero-order valence-corrected chi connectivity index (χ0v) is 9.14. The molecule has 0 radical (unpaired) electrons. The molecule has 76 valence electrons. The van der Waals surface area contributed by atoms with Gasteiger partial charge in [0, 0.05) is 6.20 Å². The Balaban J connectivity index is 2.28. The number of aryl methyl sites for hydroxylation is 1. The third kappa shape index (κ3) is 1.64. The minimum atomic E-state index is 0.330. The van der Waals surface area contributed by atoms with E-state index in [1.807, 2.05) is 13.1 Å². The van der Waals surface area contributed by atoms with Gasteiger partial charge in [0.1, 0.15) is 5.15 Å². The largest absolute Gasteiger partial charge is 0.330 e. The maximum Gasteiger partial charge on any atom is 0.131 e. The van der Waals surface area contributed by atoms with Crippen LogP contribution in [0, 0.1) is 6.92 Å². The van der Waals surface area contributed by atoms with Crippen LogP contribution in [0.2, 0.25) is 5.15 Å². The summed E-state index contributed by atoms with van der Waals surface area (Å²) in [5, 5.41) is 0.609. The monoisotopic (exact) mass is 210 g/mol. The lowest BCUT2D eigenvalue weighted by molar-refractivity contribution is 0.626. The molecule has 3 heteroatoms. The van der Waals surface area contributed by atoms with Crippen LogP contribution in [0.5, 0.6) is 0 Å². The second kappa shape index (κ2) is 3.52. The van der Waals surface area contributed by atoms with E-state index in [0.29, 0.717) is 10.6 Å². The van der Waals surface area contributed by atoms with E-state index >= 15 is 0 Å². The predicted molar refractivity (Wildman–Crippen MR) is 58.6 cm³/mol. The van der Waals surface area contributed by atoms with Gasteiger partial charge in [-0.1, -0.05) is 17.7 Å². The zero-order valence-electron chi connectivity index (χ0n) is 8.39. The summed E-state index contributed by atoms with van der Waals surface area (Å²) in [5.74, 6) is 0. The zero-order chi connectivity index (χ0) is 10.2. The van der Waals surface area contributed by atoms with Gasteiger partial charge >= 0.3 is 0 Å². The molecule has 0 atom stereocenters. The average Bonchev–Trinajstić information content (AvgIpc) is 2.91. The van der Waals surface area contributed by atoms with Gasteiger partial charge in [-0.3, -0.25) is 0 Å². The summed E-state index contributed by atoms with van der Waals surface area (Å²) in [5.41, 5.74) is 8.32. The van der Waals surface area contributed by atoms with E-state index in [1.54, 1.807) is 0 Å². The molecule has 1 aliphatic rings. The molecular formula is C11H15ClN2. The van der Waals surface area contributed by atoms with Crippen LogP contribution in [0.1, 0.15) is 30.4 Å². The summed E-state index contributed by atoms with van der Waals surface area (Å²) in [7, 11) is 0. The minimum Gasteiger partial charge on any atom is -0.330 e. The molecule has 2 N–H and O–H groups in total. The Bertz CT molecular complexity index is 345. The van der Waals surface area contributed by atoms with Gasteiger partial charge in [0.25, 0.3) is 0 Å². The number of nitrogens with zero attached hydrogens (tertiary/aromatic N) is 1. The van der Waals surface area contributed by atoms with Gasteiger partial charge in [0.05, 0.1) is 0 Å². The lowest BCUT2D eigenvalue weighted by Crippen LogP contribution is -2.13. The lowest BCUT2D eigenvalue weighted by atomic mass is 9.93. The quantitative estimate of drug-likeness (QED) is 0.779. The summed E-state index contributed by atoms with van der Waals surface area (Å²) in [4.78, 5) is 4.19. The highest BCUT2D eigenvalue weighted by Gasteiger charge is 2.43. The van der Waals surface area contributed by atoms with Gasteiger partial charge in [-0.15, -0.1) is 0 Å². The normalized spacial score (nSPS) is 18.2. The highest BCUT2D eigenvalue weighted by molar-refractivity contribution is 6.30. The summed E-state index contributed by atoms with van der Waals surface area (Å²) in [6.07, 6.45) is 5.45. The third-order valence-corrected chi connectivity index (χ3v) is 3.50. The summed E-state index contributed by atoms with van der Waals surface area (Å²) < 4.78 is 0. The Labute approximate surface area is 89.5 Å². The molecule has 1 fully saturated rings. The fourth-order valence-corrected chi connectivity index (χ4v) is 2.06. The number of aromatic nitrogens is 1. The second-order valence-electron chi connectivity index (χ2n) is 4.15. The van der Waals surface area contributed by atoms with Crippen molar-refractivity contribution < 1.29 is 0 Å². The highest BCUT2D eigenvalue weighted by Crippen LogP contribution is 2.50. The molecule has 2 rings (SSSR count).